The molecule has 2 aromatic carbocycles. The van der Waals surface area contributed by atoms with E-state index in [1.54, 1.807) is 37.4 Å². The van der Waals surface area contributed by atoms with Crippen LogP contribution in [0.5, 0.6) is 0 Å². The van der Waals surface area contributed by atoms with Crippen LogP contribution in [0, 0.1) is 5.82 Å². The summed E-state index contributed by atoms with van der Waals surface area (Å²) >= 11 is 0. The van der Waals surface area contributed by atoms with Gasteiger partial charge in [-0.15, -0.1) is 0 Å². The fourth-order valence-electron chi connectivity index (χ4n) is 2.90. The molecule has 0 spiro atoms. The van der Waals surface area contributed by atoms with Gasteiger partial charge in [0.15, 0.2) is 0 Å². The van der Waals surface area contributed by atoms with Gasteiger partial charge in [-0.25, -0.2) is 14.3 Å². The van der Waals surface area contributed by atoms with Gasteiger partial charge in [0.05, 0.1) is 22.5 Å². The van der Waals surface area contributed by atoms with Gasteiger partial charge in [-0.1, -0.05) is 18.2 Å². The van der Waals surface area contributed by atoms with Crippen LogP contribution in [0.3, 0.4) is 0 Å². The van der Waals surface area contributed by atoms with Crippen LogP contribution in [0.4, 0.5) is 15.8 Å². The molecule has 0 radical (unpaired) electrons. The van der Waals surface area contributed by atoms with Gasteiger partial charge in [0.25, 0.3) is 11.8 Å². The number of imide groups is 1. The van der Waals surface area contributed by atoms with Crippen molar-refractivity contribution in [1.29, 1.82) is 0 Å². The van der Waals surface area contributed by atoms with Crippen molar-refractivity contribution in [2.24, 2.45) is 0 Å². The Labute approximate surface area is 136 Å². The lowest BCUT2D eigenvalue weighted by atomic mass is 10.1. The minimum Gasteiger partial charge on any atom is -0.386 e. The number of fused-ring (bicyclic) bond motifs is 2. The molecule has 118 valence electrons. The highest BCUT2D eigenvalue weighted by atomic mass is 19.1. The van der Waals surface area contributed by atoms with Crippen LogP contribution in [0.2, 0.25) is 0 Å². The van der Waals surface area contributed by atoms with E-state index in [9.17, 15) is 14.0 Å². The van der Waals surface area contributed by atoms with Crippen LogP contribution in [0.25, 0.3) is 10.9 Å². The Morgan fingerprint density at radius 1 is 1.04 bits per heavy atom. The van der Waals surface area contributed by atoms with Gasteiger partial charge in [0.2, 0.25) is 0 Å². The molecule has 6 heteroatoms. The molecule has 0 fully saturated rings. The number of benzene rings is 2. The van der Waals surface area contributed by atoms with Gasteiger partial charge in [0, 0.05) is 12.4 Å². The Hall–Kier alpha value is -3.28. The Kier molecular flexibility index (Phi) is 3.06. The summed E-state index contributed by atoms with van der Waals surface area (Å²) in [5, 5.41) is 3.33. The molecule has 1 N–H and O–H groups in total. The molecule has 0 aliphatic carbocycles. The fraction of sp³-hybridized carbons (Fsp3) is 0.0556. The van der Waals surface area contributed by atoms with Crippen molar-refractivity contribution >= 4 is 34.1 Å². The van der Waals surface area contributed by atoms with Crippen LogP contribution in [0.15, 0.2) is 48.5 Å². The number of aromatic nitrogens is 1. The molecule has 5 nitrogen and oxygen atoms in total. The first kappa shape index (κ1) is 14.3. The van der Waals surface area contributed by atoms with E-state index in [0.29, 0.717) is 22.3 Å². The lowest BCUT2D eigenvalue weighted by Gasteiger charge is -2.12. The van der Waals surface area contributed by atoms with E-state index in [1.165, 1.54) is 18.2 Å². The summed E-state index contributed by atoms with van der Waals surface area (Å²) in [5.41, 5.74) is 1.66. The fourth-order valence-corrected chi connectivity index (χ4v) is 2.90. The van der Waals surface area contributed by atoms with Crippen molar-refractivity contribution in [1.82, 2.24) is 4.98 Å². The number of nitrogens with one attached hydrogen (secondary N) is 1. The molecule has 0 bridgehead atoms. The zero-order valence-corrected chi connectivity index (χ0v) is 12.7. The molecule has 0 saturated carbocycles. The van der Waals surface area contributed by atoms with Gasteiger partial charge in [0.1, 0.15) is 11.5 Å². The van der Waals surface area contributed by atoms with Crippen molar-refractivity contribution in [2.45, 2.75) is 0 Å². The first-order valence-electron chi connectivity index (χ1n) is 7.36. The van der Waals surface area contributed by atoms with E-state index in [-0.39, 0.29) is 11.3 Å². The van der Waals surface area contributed by atoms with Crippen molar-refractivity contribution in [3.63, 3.8) is 0 Å². The third-order valence-electron chi connectivity index (χ3n) is 4.01. The Balaban J connectivity index is 1.94. The summed E-state index contributed by atoms with van der Waals surface area (Å²) in [6, 6.07) is 12.8. The second-order valence-electron chi connectivity index (χ2n) is 5.44. The Bertz CT molecular complexity index is 1000. The number of amides is 2. The Morgan fingerprint density at radius 3 is 2.50 bits per heavy atom. The van der Waals surface area contributed by atoms with Crippen LogP contribution in [0.1, 0.15) is 20.8 Å². The summed E-state index contributed by atoms with van der Waals surface area (Å²) < 4.78 is 13.7. The topological polar surface area (TPSA) is 62.3 Å². The highest BCUT2D eigenvalue weighted by Crippen LogP contribution is 2.32. The smallest absolute Gasteiger partial charge is 0.284 e. The molecule has 1 aromatic heterocycles. The summed E-state index contributed by atoms with van der Waals surface area (Å²) in [6.45, 7) is 0. The predicted molar refractivity (Wildman–Crippen MR) is 88.8 cm³/mol. The van der Waals surface area contributed by atoms with Gasteiger partial charge in [-0.3, -0.25) is 9.59 Å². The number of carbonyl (C=O) groups excluding carboxylic acids is 2. The number of rotatable bonds is 2. The van der Waals surface area contributed by atoms with Crippen LogP contribution >= 0.6 is 0 Å². The normalized spacial score (nSPS) is 13.5. The standard InChI is InChI=1S/C18H12FN3O2/c1-20-14-9-11(19)7-10-8-13-16(21-15(10)14)18(24)22(17(13)23)12-5-3-2-4-6-12/h2-9,20H,1H3. The quantitative estimate of drug-likeness (QED) is 0.736. The van der Waals surface area contributed by atoms with E-state index in [1.807, 2.05) is 0 Å². The maximum absolute atomic E-state index is 13.7. The molecule has 0 atom stereocenters. The molecule has 0 unspecified atom stereocenters. The van der Waals surface area contributed by atoms with E-state index in [2.05, 4.69) is 10.3 Å². The minimum atomic E-state index is -0.477. The summed E-state index contributed by atoms with van der Waals surface area (Å²) in [4.78, 5) is 30.7. The highest BCUT2D eigenvalue weighted by molar-refractivity contribution is 6.34. The monoisotopic (exact) mass is 321 g/mol. The third kappa shape index (κ3) is 1.96. The SMILES string of the molecule is CNc1cc(F)cc2cc3c(nc12)C(=O)N(c1ccccc1)C3=O. The third-order valence-corrected chi connectivity index (χ3v) is 4.01. The van der Waals surface area contributed by atoms with E-state index < -0.39 is 17.6 Å². The molecule has 2 amide bonds. The molecule has 4 rings (SSSR count). The second kappa shape index (κ2) is 5.13. The van der Waals surface area contributed by atoms with Crippen LogP contribution in [-0.2, 0) is 0 Å². The van der Waals surface area contributed by atoms with E-state index in [0.717, 1.165) is 4.90 Å². The molecule has 0 saturated heterocycles. The molecule has 2 heterocycles. The average molecular weight is 321 g/mol. The summed E-state index contributed by atoms with van der Waals surface area (Å²) in [6.07, 6.45) is 0. The lowest BCUT2D eigenvalue weighted by Crippen LogP contribution is -2.29. The zero-order chi connectivity index (χ0) is 16.8. The number of pyridine rings is 1. The first-order chi connectivity index (χ1) is 11.6. The molecular weight excluding hydrogens is 309 g/mol. The summed E-state index contributed by atoms with van der Waals surface area (Å²) in [5.74, 6) is -1.37. The number of para-hydroxylation sites is 1. The zero-order valence-electron chi connectivity index (χ0n) is 12.7. The Morgan fingerprint density at radius 2 is 1.79 bits per heavy atom. The van der Waals surface area contributed by atoms with Crippen molar-refractivity contribution in [3.8, 4) is 0 Å². The number of carbonyl (C=O) groups is 2. The number of nitrogens with zero attached hydrogens (tertiary/aromatic N) is 2. The number of halogens is 1. The van der Waals surface area contributed by atoms with E-state index in [4.69, 9.17) is 0 Å². The maximum atomic E-state index is 13.7. The van der Waals surface area contributed by atoms with Crippen molar-refractivity contribution in [3.05, 3.63) is 65.6 Å². The van der Waals surface area contributed by atoms with Crippen molar-refractivity contribution < 1.29 is 14.0 Å². The average Bonchev–Trinajstić information content (AvgIpc) is 2.83. The van der Waals surface area contributed by atoms with Crippen molar-refractivity contribution in [2.75, 3.05) is 17.3 Å². The number of hydrogen-bond donors (Lipinski definition) is 1. The minimum absolute atomic E-state index is 0.0828. The number of anilines is 2. The second-order valence-corrected chi connectivity index (χ2v) is 5.44. The predicted octanol–water partition coefficient (Wildman–Crippen LogP) is 3.22. The highest BCUT2D eigenvalue weighted by Gasteiger charge is 2.38. The van der Waals surface area contributed by atoms with E-state index >= 15 is 0 Å². The molecule has 1 aliphatic heterocycles. The largest absolute Gasteiger partial charge is 0.386 e. The molecule has 24 heavy (non-hydrogen) atoms. The molecular formula is C18H12FN3O2. The summed E-state index contributed by atoms with van der Waals surface area (Å²) in [7, 11) is 1.65. The lowest BCUT2D eigenvalue weighted by molar-refractivity contribution is 0.0925. The molecule has 1 aliphatic rings. The van der Waals surface area contributed by atoms with Gasteiger partial charge >= 0.3 is 0 Å². The van der Waals surface area contributed by atoms with Gasteiger partial charge in [-0.05, 0) is 30.3 Å². The van der Waals surface area contributed by atoms with Crippen LogP contribution < -0.4 is 10.2 Å². The molecule has 3 aromatic rings. The van der Waals surface area contributed by atoms with Crippen LogP contribution in [-0.4, -0.2) is 23.8 Å². The maximum Gasteiger partial charge on any atom is 0.284 e. The van der Waals surface area contributed by atoms with Gasteiger partial charge in [-0.2, -0.15) is 0 Å². The first-order valence-corrected chi connectivity index (χ1v) is 7.36. The number of hydrogen-bond acceptors (Lipinski definition) is 4. The van der Waals surface area contributed by atoms with Gasteiger partial charge < -0.3 is 5.32 Å².